The van der Waals surface area contributed by atoms with E-state index in [0.717, 1.165) is 23.5 Å². The number of hydrogen-bond acceptors (Lipinski definition) is 3. The molecule has 0 fully saturated rings. The Balaban J connectivity index is 1.90. The van der Waals surface area contributed by atoms with Crippen LogP contribution in [0, 0.1) is 5.82 Å². The van der Waals surface area contributed by atoms with Crippen LogP contribution in [0.4, 0.5) is 4.39 Å². The summed E-state index contributed by atoms with van der Waals surface area (Å²) in [5.74, 6) is -0.202. The van der Waals surface area contributed by atoms with Crippen LogP contribution in [0.3, 0.4) is 0 Å². The minimum absolute atomic E-state index is 0.202. The molecule has 0 unspecified atom stereocenters. The molecule has 0 aliphatic rings. The quantitative estimate of drug-likeness (QED) is 0.834. The summed E-state index contributed by atoms with van der Waals surface area (Å²) in [4.78, 5) is 1.16. The van der Waals surface area contributed by atoms with Gasteiger partial charge >= 0.3 is 0 Å². The molecule has 4 heteroatoms. The lowest BCUT2D eigenvalue weighted by Gasteiger charge is -2.08. The molecule has 1 heterocycles. The molecule has 1 N–H and O–H groups in total. The van der Waals surface area contributed by atoms with E-state index in [1.807, 2.05) is 23.6 Å². The van der Waals surface area contributed by atoms with Gasteiger partial charge in [0.1, 0.15) is 5.82 Å². The average molecular weight is 279 g/mol. The molecule has 102 valence electrons. The summed E-state index contributed by atoms with van der Waals surface area (Å²) in [5.41, 5.74) is 1.70. The lowest BCUT2D eigenvalue weighted by Crippen LogP contribution is -2.12. The number of hydrogen-bond donors (Lipinski definition) is 1. The SMILES string of the molecule is CCNCc1ccc(F)c(COCc2cccs2)c1. The molecule has 0 radical (unpaired) electrons. The van der Waals surface area contributed by atoms with E-state index in [0.29, 0.717) is 18.8 Å². The maximum atomic E-state index is 13.7. The van der Waals surface area contributed by atoms with Crippen molar-refractivity contribution in [2.75, 3.05) is 6.54 Å². The van der Waals surface area contributed by atoms with Crippen LogP contribution in [-0.4, -0.2) is 6.54 Å². The number of rotatable bonds is 7. The van der Waals surface area contributed by atoms with Gasteiger partial charge in [0.25, 0.3) is 0 Å². The topological polar surface area (TPSA) is 21.3 Å². The molecule has 1 aromatic carbocycles. The molecule has 2 aromatic rings. The van der Waals surface area contributed by atoms with Crippen LogP contribution in [-0.2, 0) is 24.5 Å². The molecule has 0 aliphatic heterocycles. The van der Waals surface area contributed by atoms with E-state index in [2.05, 4.69) is 12.2 Å². The molecular weight excluding hydrogens is 261 g/mol. The van der Waals surface area contributed by atoms with Gasteiger partial charge in [0.05, 0.1) is 13.2 Å². The Labute approximate surface area is 117 Å². The lowest BCUT2D eigenvalue weighted by molar-refractivity contribution is 0.107. The minimum Gasteiger partial charge on any atom is -0.371 e. The van der Waals surface area contributed by atoms with Crippen molar-refractivity contribution in [3.63, 3.8) is 0 Å². The molecule has 0 aliphatic carbocycles. The maximum Gasteiger partial charge on any atom is 0.128 e. The molecule has 0 saturated heterocycles. The third-order valence-electron chi connectivity index (χ3n) is 2.77. The maximum absolute atomic E-state index is 13.7. The highest BCUT2D eigenvalue weighted by Crippen LogP contribution is 2.15. The Kier molecular flexibility index (Phi) is 5.51. The molecule has 2 rings (SSSR count). The fourth-order valence-electron chi connectivity index (χ4n) is 1.77. The van der Waals surface area contributed by atoms with Gasteiger partial charge in [0, 0.05) is 17.0 Å². The molecular formula is C15H18FNOS. The highest BCUT2D eigenvalue weighted by molar-refractivity contribution is 7.09. The van der Waals surface area contributed by atoms with Crippen LogP contribution in [0.2, 0.25) is 0 Å². The zero-order chi connectivity index (χ0) is 13.5. The summed E-state index contributed by atoms with van der Waals surface area (Å²) < 4.78 is 19.2. The van der Waals surface area contributed by atoms with E-state index in [4.69, 9.17) is 4.74 Å². The smallest absolute Gasteiger partial charge is 0.128 e. The summed E-state index contributed by atoms with van der Waals surface area (Å²) >= 11 is 1.65. The van der Waals surface area contributed by atoms with Crippen molar-refractivity contribution in [3.8, 4) is 0 Å². The van der Waals surface area contributed by atoms with Crippen LogP contribution < -0.4 is 5.32 Å². The summed E-state index contributed by atoms with van der Waals surface area (Å²) in [7, 11) is 0. The van der Waals surface area contributed by atoms with Gasteiger partial charge in [0.15, 0.2) is 0 Å². The summed E-state index contributed by atoms with van der Waals surface area (Å²) in [6.07, 6.45) is 0. The standard InChI is InChI=1S/C15H18FNOS/c1-2-17-9-12-5-6-15(16)13(8-12)10-18-11-14-4-3-7-19-14/h3-8,17H,2,9-11H2,1H3. The predicted octanol–water partition coefficient (Wildman–Crippen LogP) is 3.71. The Morgan fingerprint density at radius 1 is 1.26 bits per heavy atom. The summed E-state index contributed by atoms with van der Waals surface area (Å²) in [6.45, 7) is 4.56. The molecule has 0 amide bonds. The Morgan fingerprint density at radius 2 is 2.16 bits per heavy atom. The first-order chi connectivity index (χ1) is 9.29. The predicted molar refractivity (Wildman–Crippen MR) is 76.6 cm³/mol. The first-order valence-corrected chi connectivity index (χ1v) is 7.25. The van der Waals surface area contributed by atoms with Crippen LogP contribution >= 0.6 is 11.3 Å². The normalized spacial score (nSPS) is 10.8. The molecule has 19 heavy (non-hydrogen) atoms. The van der Waals surface area contributed by atoms with Gasteiger partial charge in [0.2, 0.25) is 0 Å². The van der Waals surface area contributed by atoms with Crippen molar-refractivity contribution in [2.24, 2.45) is 0 Å². The third-order valence-corrected chi connectivity index (χ3v) is 3.62. The summed E-state index contributed by atoms with van der Waals surface area (Å²) in [5, 5.41) is 5.24. The van der Waals surface area contributed by atoms with Crippen molar-refractivity contribution in [1.82, 2.24) is 5.32 Å². The Bertz CT molecular complexity index is 499. The lowest BCUT2D eigenvalue weighted by atomic mass is 10.1. The summed E-state index contributed by atoms with van der Waals surface area (Å²) in [6, 6.07) is 9.19. The van der Waals surface area contributed by atoms with Gasteiger partial charge in [-0.15, -0.1) is 11.3 Å². The Morgan fingerprint density at radius 3 is 2.89 bits per heavy atom. The zero-order valence-corrected chi connectivity index (χ0v) is 11.8. The fourth-order valence-corrected chi connectivity index (χ4v) is 2.41. The van der Waals surface area contributed by atoms with Crippen molar-refractivity contribution >= 4 is 11.3 Å². The molecule has 0 atom stereocenters. The van der Waals surface area contributed by atoms with Crippen molar-refractivity contribution < 1.29 is 9.13 Å². The largest absolute Gasteiger partial charge is 0.371 e. The second kappa shape index (κ2) is 7.38. The third kappa shape index (κ3) is 4.42. The van der Waals surface area contributed by atoms with Crippen molar-refractivity contribution in [1.29, 1.82) is 0 Å². The van der Waals surface area contributed by atoms with E-state index < -0.39 is 0 Å². The van der Waals surface area contributed by atoms with E-state index in [1.165, 1.54) is 6.07 Å². The van der Waals surface area contributed by atoms with Gasteiger partial charge in [-0.2, -0.15) is 0 Å². The second-order valence-corrected chi connectivity index (χ2v) is 5.31. The zero-order valence-electron chi connectivity index (χ0n) is 11.0. The average Bonchev–Trinajstić information content (AvgIpc) is 2.92. The number of benzene rings is 1. The van der Waals surface area contributed by atoms with Gasteiger partial charge in [-0.3, -0.25) is 0 Å². The molecule has 1 aromatic heterocycles. The molecule has 0 spiro atoms. The van der Waals surface area contributed by atoms with Gasteiger partial charge in [-0.1, -0.05) is 19.1 Å². The number of thiophene rings is 1. The van der Waals surface area contributed by atoms with Gasteiger partial charge in [-0.25, -0.2) is 4.39 Å². The van der Waals surface area contributed by atoms with Crippen LogP contribution in [0.25, 0.3) is 0 Å². The van der Waals surface area contributed by atoms with E-state index >= 15 is 0 Å². The van der Waals surface area contributed by atoms with E-state index in [9.17, 15) is 4.39 Å². The first-order valence-electron chi connectivity index (χ1n) is 6.37. The van der Waals surface area contributed by atoms with Gasteiger partial charge < -0.3 is 10.1 Å². The van der Waals surface area contributed by atoms with Crippen LogP contribution in [0.5, 0.6) is 0 Å². The highest BCUT2D eigenvalue weighted by atomic mass is 32.1. The number of halogens is 1. The van der Waals surface area contributed by atoms with Crippen LogP contribution in [0.1, 0.15) is 22.9 Å². The highest BCUT2D eigenvalue weighted by Gasteiger charge is 2.04. The van der Waals surface area contributed by atoms with Crippen molar-refractivity contribution in [2.45, 2.75) is 26.7 Å². The fraction of sp³-hybridized carbons (Fsp3) is 0.333. The van der Waals surface area contributed by atoms with E-state index in [-0.39, 0.29) is 5.82 Å². The van der Waals surface area contributed by atoms with Gasteiger partial charge in [-0.05, 0) is 35.7 Å². The molecule has 0 bridgehead atoms. The van der Waals surface area contributed by atoms with Crippen LogP contribution in [0.15, 0.2) is 35.7 Å². The second-order valence-electron chi connectivity index (χ2n) is 4.28. The number of ether oxygens (including phenoxy) is 1. The first kappa shape index (κ1) is 14.2. The Hall–Kier alpha value is -1.23. The van der Waals surface area contributed by atoms with E-state index in [1.54, 1.807) is 17.4 Å². The minimum atomic E-state index is -0.202. The monoisotopic (exact) mass is 279 g/mol. The van der Waals surface area contributed by atoms with Crippen molar-refractivity contribution in [3.05, 3.63) is 57.5 Å². The molecule has 2 nitrogen and oxygen atoms in total. The number of nitrogens with one attached hydrogen (secondary N) is 1. The molecule has 0 saturated carbocycles.